The molecule has 0 spiro atoms. The largest absolute Gasteiger partial charge is 0.394 e. The number of rotatable bonds is 5. The lowest BCUT2D eigenvalue weighted by atomic mass is 10.0. The van der Waals surface area contributed by atoms with Gasteiger partial charge in [-0.05, 0) is 56.7 Å². The smallest absolute Gasteiger partial charge is 0.251 e. The van der Waals surface area contributed by atoms with Crippen LogP contribution in [0, 0.1) is 13.8 Å². The first-order valence-electron chi connectivity index (χ1n) is 9.90. The number of aryl methyl sites for hydroxylation is 2. The summed E-state index contributed by atoms with van der Waals surface area (Å²) in [6.07, 6.45) is 3.62. The van der Waals surface area contributed by atoms with Gasteiger partial charge in [0.25, 0.3) is 5.91 Å². The second kappa shape index (κ2) is 8.08. The Labute approximate surface area is 175 Å². The summed E-state index contributed by atoms with van der Waals surface area (Å²) in [4.78, 5) is 17.4. The number of aromatic nitrogens is 3. The zero-order chi connectivity index (χ0) is 21.3. The molecule has 1 atom stereocenters. The predicted octanol–water partition coefficient (Wildman–Crippen LogP) is 3.81. The first-order valence-corrected chi connectivity index (χ1v) is 9.90. The Balaban J connectivity index is 1.91. The second-order valence-corrected chi connectivity index (χ2v) is 7.63. The highest BCUT2D eigenvalue weighted by Crippen LogP contribution is 2.30. The summed E-state index contributed by atoms with van der Waals surface area (Å²) in [7, 11) is 0. The van der Waals surface area contributed by atoms with E-state index in [1.165, 1.54) is 0 Å². The molecule has 0 aliphatic rings. The number of hydrogen-bond acceptors (Lipinski definition) is 4. The molecule has 0 fully saturated rings. The monoisotopic (exact) mass is 400 g/mol. The fourth-order valence-electron chi connectivity index (χ4n) is 3.34. The number of aliphatic hydroxyl groups is 1. The lowest BCUT2D eigenvalue weighted by Crippen LogP contribution is -2.35. The third-order valence-electron chi connectivity index (χ3n) is 5.07. The fourth-order valence-corrected chi connectivity index (χ4v) is 3.34. The highest BCUT2D eigenvalue weighted by atomic mass is 16.3. The molecule has 0 bridgehead atoms. The summed E-state index contributed by atoms with van der Waals surface area (Å²) < 4.78 is 1.83. The van der Waals surface area contributed by atoms with Crippen LogP contribution in [0.3, 0.4) is 0 Å². The van der Waals surface area contributed by atoms with E-state index in [0.29, 0.717) is 5.56 Å². The van der Waals surface area contributed by atoms with Gasteiger partial charge in [0.15, 0.2) is 0 Å². The van der Waals surface area contributed by atoms with Gasteiger partial charge < -0.3 is 10.4 Å². The highest BCUT2D eigenvalue weighted by molar-refractivity contribution is 6.03. The molecule has 4 aromatic rings. The summed E-state index contributed by atoms with van der Waals surface area (Å²) in [5.41, 5.74) is 6.08. The zero-order valence-corrected chi connectivity index (χ0v) is 17.3. The molecular formula is C24H24N4O2. The summed E-state index contributed by atoms with van der Waals surface area (Å²) in [6, 6.07) is 15.4. The number of aliphatic hydroxyl groups excluding tert-OH is 1. The average molecular weight is 400 g/mol. The van der Waals surface area contributed by atoms with Crippen LogP contribution in [-0.4, -0.2) is 38.4 Å². The molecule has 0 aliphatic heterocycles. The van der Waals surface area contributed by atoms with Crippen molar-refractivity contribution in [3.05, 3.63) is 77.6 Å². The van der Waals surface area contributed by atoms with Crippen LogP contribution >= 0.6 is 0 Å². The number of fused-ring (bicyclic) bond motifs is 1. The van der Waals surface area contributed by atoms with Crippen LogP contribution in [0.5, 0.6) is 0 Å². The van der Waals surface area contributed by atoms with E-state index in [9.17, 15) is 9.90 Å². The van der Waals surface area contributed by atoms with E-state index >= 15 is 0 Å². The van der Waals surface area contributed by atoms with Gasteiger partial charge in [-0.1, -0.05) is 23.8 Å². The van der Waals surface area contributed by atoms with Gasteiger partial charge in [0.1, 0.15) is 0 Å². The molecule has 2 aromatic heterocycles. The Morgan fingerprint density at radius 3 is 2.47 bits per heavy atom. The first kappa shape index (κ1) is 19.8. The van der Waals surface area contributed by atoms with Crippen molar-refractivity contribution in [2.24, 2.45) is 0 Å². The molecule has 6 heteroatoms. The van der Waals surface area contributed by atoms with Gasteiger partial charge in [-0.25, -0.2) is 4.68 Å². The van der Waals surface area contributed by atoms with E-state index in [2.05, 4.69) is 15.4 Å². The number of hydrogen-bond donors (Lipinski definition) is 2. The van der Waals surface area contributed by atoms with E-state index in [0.717, 1.165) is 39.0 Å². The van der Waals surface area contributed by atoms with Gasteiger partial charge in [-0.2, -0.15) is 5.10 Å². The van der Waals surface area contributed by atoms with Crippen molar-refractivity contribution in [3.8, 4) is 16.9 Å². The molecule has 0 radical (unpaired) electrons. The fraction of sp³-hybridized carbons (Fsp3) is 0.208. The van der Waals surface area contributed by atoms with Crippen molar-refractivity contribution < 1.29 is 9.90 Å². The Morgan fingerprint density at radius 1 is 1.07 bits per heavy atom. The van der Waals surface area contributed by atoms with Gasteiger partial charge >= 0.3 is 0 Å². The van der Waals surface area contributed by atoms with Crippen LogP contribution in [0.25, 0.3) is 27.8 Å². The second-order valence-electron chi connectivity index (χ2n) is 7.63. The van der Waals surface area contributed by atoms with Crippen LogP contribution in [0.1, 0.15) is 28.4 Å². The third-order valence-corrected chi connectivity index (χ3v) is 5.07. The van der Waals surface area contributed by atoms with Crippen molar-refractivity contribution in [3.63, 3.8) is 0 Å². The number of pyridine rings is 1. The molecule has 2 heterocycles. The van der Waals surface area contributed by atoms with Gasteiger partial charge in [0, 0.05) is 28.8 Å². The van der Waals surface area contributed by atoms with Crippen LogP contribution < -0.4 is 5.32 Å². The Kier molecular flexibility index (Phi) is 5.33. The van der Waals surface area contributed by atoms with Crippen molar-refractivity contribution in [2.75, 3.05) is 6.61 Å². The number of amides is 1. The number of benzene rings is 2. The number of nitrogens with one attached hydrogen (secondary N) is 1. The molecular weight excluding hydrogens is 376 g/mol. The third kappa shape index (κ3) is 3.82. The van der Waals surface area contributed by atoms with E-state index in [1.54, 1.807) is 6.92 Å². The molecule has 30 heavy (non-hydrogen) atoms. The Morgan fingerprint density at radius 2 is 1.80 bits per heavy atom. The molecule has 2 N–H and O–H groups in total. The first-order chi connectivity index (χ1) is 14.5. The van der Waals surface area contributed by atoms with Crippen LogP contribution in [-0.2, 0) is 0 Å². The SMILES string of the molecule is Cc1ccc(-n2ncc3c(-c4ccc(C)cn4)cc(C(=O)NC(C)CO)cc32)cc1. The minimum Gasteiger partial charge on any atom is -0.394 e. The van der Waals surface area contributed by atoms with Crippen LogP contribution in [0.4, 0.5) is 0 Å². The molecule has 152 valence electrons. The topological polar surface area (TPSA) is 80.0 Å². The summed E-state index contributed by atoms with van der Waals surface area (Å²) in [5.74, 6) is -0.247. The van der Waals surface area contributed by atoms with Crippen molar-refractivity contribution in [1.82, 2.24) is 20.1 Å². The molecule has 1 amide bonds. The van der Waals surface area contributed by atoms with Crippen molar-refractivity contribution >= 4 is 16.8 Å². The molecule has 4 rings (SSSR count). The van der Waals surface area contributed by atoms with E-state index in [-0.39, 0.29) is 18.6 Å². The van der Waals surface area contributed by atoms with Crippen molar-refractivity contribution in [2.45, 2.75) is 26.8 Å². The predicted molar refractivity (Wildman–Crippen MR) is 118 cm³/mol. The van der Waals surface area contributed by atoms with Gasteiger partial charge in [-0.3, -0.25) is 9.78 Å². The lowest BCUT2D eigenvalue weighted by molar-refractivity contribution is 0.0922. The molecule has 0 saturated carbocycles. The minimum atomic E-state index is -0.337. The number of nitrogens with zero attached hydrogens (tertiary/aromatic N) is 3. The number of carbonyl (C=O) groups is 1. The molecule has 2 aromatic carbocycles. The molecule has 1 unspecified atom stereocenters. The zero-order valence-electron chi connectivity index (χ0n) is 17.3. The lowest BCUT2D eigenvalue weighted by Gasteiger charge is -2.13. The minimum absolute atomic E-state index is 0.123. The summed E-state index contributed by atoms with van der Waals surface area (Å²) >= 11 is 0. The van der Waals surface area contributed by atoms with Gasteiger partial charge in [0.05, 0.1) is 29.7 Å². The van der Waals surface area contributed by atoms with E-state index < -0.39 is 0 Å². The normalized spacial score (nSPS) is 12.1. The van der Waals surface area contributed by atoms with Gasteiger partial charge in [-0.15, -0.1) is 0 Å². The highest BCUT2D eigenvalue weighted by Gasteiger charge is 2.17. The van der Waals surface area contributed by atoms with Crippen LogP contribution in [0.2, 0.25) is 0 Å². The van der Waals surface area contributed by atoms with Gasteiger partial charge in [0.2, 0.25) is 0 Å². The maximum atomic E-state index is 12.8. The van der Waals surface area contributed by atoms with Crippen molar-refractivity contribution in [1.29, 1.82) is 0 Å². The summed E-state index contributed by atoms with van der Waals surface area (Å²) in [6.45, 7) is 5.66. The maximum absolute atomic E-state index is 12.8. The molecule has 0 aliphatic carbocycles. The average Bonchev–Trinajstić information content (AvgIpc) is 3.18. The summed E-state index contributed by atoms with van der Waals surface area (Å²) in [5, 5.41) is 17.6. The van der Waals surface area contributed by atoms with E-state index in [1.807, 2.05) is 79.5 Å². The van der Waals surface area contributed by atoms with Crippen LogP contribution in [0.15, 0.2) is 60.9 Å². The Hall–Kier alpha value is -3.51. The molecule has 6 nitrogen and oxygen atoms in total. The Bertz CT molecular complexity index is 1190. The quantitative estimate of drug-likeness (QED) is 0.534. The van der Waals surface area contributed by atoms with E-state index in [4.69, 9.17) is 0 Å². The number of carbonyl (C=O) groups excluding carboxylic acids is 1. The molecule has 0 saturated heterocycles. The maximum Gasteiger partial charge on any atom is 0.251 e. The standard InChI is InChI=1S/C24H24N4O2/c1-15-4-7-19(8-5-15)28-23-11-18(24(30)27-17(3)14-29)10-20(21(23)13-26-28)22-9-6-16(2)12-25-22/h4-13,17,29H,14H2,1-3H3,(H,27,30).